The number of nitrogens with zero attached hydrogens (tertiary/aromatic N) is 2. The van der Waals surface area contributed by atoms with E-state index in [1.54, 1.807) is 6.26 Å². The lowest BCUT2D eigenvalue weighted by Gasteiger charge is -2.21. The van der Waals surface area contributed by atoms with E-state index >= 15 is 0 Å². The number of aromatic nitrogens is 1. The second kappa shape index (κ2) is 6.75. The van der Waals surface area contributed by atoms with E-state index in [2.05, 4.69) is 29.0 Å². The van der Waals surface area contributed by atoms with Crippen molar-refractivity contribution in [1.29, 1.82) is 0 Å². The van der Waals surface area contributed by atoms with Crippen LogP contribution in [0.4, 0.5) is 6.01 Å². The van der Waals surface area contributed by atoms with Gasteiger partial charge in [-0.2, -0.15) is 4.98 Å². The highest BCUT2D eigenvalue weighted by atomic mass is 16.5. The number of hydrogen-bond acceptors (Lipinski definition) is 5. The molecule has 1 aromatic rings. The van der Waals surface area contributed by atoms with Crippen LogP contribution in [-0.4, -0.2) is 37.3 Å². The van der Waals surface area contributed by atoms with Gasteiger partial charge >= 0.3 is 0 Å². The first-order valence-corrected chi connectivity index (χ1v) is 6.85. The Kier molecular flexibility index (Phi) is 5.01. The van der Waals surface area contributed by atoms with Crippen LogP contribution in [0, 0.1) is 0 Å². The Labute approximate surface area is 109 Å². The van der Waals surface area contributed by atoms with E-state index < -0.39 is 0 Å². The molecule has 18 heavy (non-hydrogen) atoms. The zero-order valence-electron chi connectivity index (χ0n) is 11.3. The number of rotatable bonds is 7. The second-order valence-corrected chi connectivity index (χ2v) is 4.58. The predicted octanol–water partition coefficient (Wildman–Crippen LogP) is 1.79. The zero-order valence-corrected chi connectivity index (χ0v) is 11.3. The molecule has 0 spiro atoms. The monoisotopic (exact) mass is 253 g/mol. The lowest BCUT2D eigenvalue weighted by molar-refractivity contribution is 0.115. The summed E-state index contributed by atoms with van der Waals surface area (Å²) < 4.78 is 11.2. The lowest BCUT2D eigenvalue weighted by Crippen LogP contribution is -2.32. The highest BCUT2D eigenvalue weighted by Gasteiger charge is 2.21. The Morgan fingerprint density at radius 1 is 1.50 bits per heavy atom. The van der Waals surface area contributed by atoms with Gasteiger partial charge in [0.1, 0.15) is 6.26 Å². The predicted molar refractivity (Wildman–Crippen MR) is 70.7 cm³/mol. The molecule has 0 radical (unpaired) electrons. The van der Waals surface area contributed by atoms with Crippen LogP contribution in [0.2, 0.25) is 0 Å². The first kappa shape index (κ1) is 13.4. The van der Waals surface area contributed by atoms with Gasteiger partial charge in [0, 0.05) is 26.2 Å². The number of oxazole rings is 1. The van der Waals surface area contributed by atoms with Crippen LogP contribution >= 0.6 is 0 Å². The van der Waals surface area contributed by atoms with Gasteiger partial charge in [-0.15, -0.1) is 0 Å². The van der Waals surface area contributed by atoms with Crippen molar-refractivity contribution in [2.24, 2.45) is 0 Å². The molecule has 2 rings (SSSR count). The van der Waals surface area contributed by atoms with E-state index in [0.29, 0.717) is 12.1 Å². The van der Waals surface area contributed by atoms with Gasteiger partial charge in [0.15, 0.2) is 0 Å². The summed E-state index contributed by atoms with van der Waals surface area (Å²) in [5.74, 6) is 0. The molecule has 2 heterocycles. The summed E-state index contributed by atoms with van der Waals surface area (Å²) >= 11 is 0. The third-order valence-corrected chi connectivity index (χ3v) is 3.20. The van der Waals surface area contributed by atoms with Gasteiger partial charge in [-0.3, -0.25) is 0 Å². The molecule has 0 aliphatic carbocycles. The summed E-state index contributed by atoms with van der Waals surface area (Å²) in [7, 11) is 0. The SMILES string of the molecule is CCNCc1coc(N(CC)CC2CCCO2)n1. The Morgan fingerprint density at radius 3 is 3.06 bits per heavy atom. The molecule has 1 aliphatic rings. The van der Waals surface area contributed by atoms with Crippen molar-refractivity contribution >= 4 is 6.01 Å². The molecular weight excluding hydrogens is 230 g/mol. The molecule has 0 aromatic carbocycles. The van der Waals surface area contributed by atoms with E-state index in [1.807, 2.05) is 0 Å². The highest BCUT2D eigenvalue weighted by Crippen LogP contribution is 2.18. The maximum Gasteiger partial charge on any atom is 0.297 e. The van der Waals surface area contributed by atoms with Crippen molar-refractivity contribution in [1.82, 2.24) is 10.3 Å². The van der Waals surface area contributed by atoms with Crippen LogP contribution in [0.15, 0.2) is 10.7 Å². The Balaban J connectivity index is 1.91. The summed E-state index contributed by atoms with van der Waals surface area (Å²) in [6, 6.07) is 0.709. The Bertz CT molecular complexity index is 348. The zero-order chi connectivity index (χ0) is 12.8. The minimum absolute atomic E-state index is 0.328. The Hall–Kier alpha value is -1.07. The lowest BCUT2D eigenvalue weighted by atomic mass is 10.2. The molecule has 0 bridgehead atoms. The molecule has 1 saturated heterocycles. The average Bonchev–Trinajstić information content (AvgIpc) is 3.04. The number of anilines is 1. The molecule has 1 aromatic heterocycles. The molecule has 1 unspecified atom stereocenters. The smallest absolute Gasteiger partial charge is 0.297 e. The fraction of sp³-hybridized carbons (Fsp3) is 0.769. The molecule has 5 heteroatoms. The summed E-state index contributed by atoms with van der Waals surface area (Å²) in [6.45, 7) is 8.55. The van der Waals surface area contributed by atoms with Gasteiger partial charge in [0.05, 0.1) is 11.8 Å². The Morgan fingerprint density at radius 2 is 2.39 bits per heavy atom. The topological polar surface area (TPSA) is 50.5 Å². The summed E-state index contributed by atoms with van der Waals surface area (Å²) in [5.41, 5.74) is 0.956. The third-order valence-electron chi connectivity index (χ3n) is 3.20. The first-order valence-electron chi connectivity index (χ1n) is 6.85. The van der Waals surface area contributed by atoms with E-state index in [-0.39, 0.29) is 0 Å². The fourth-order valence-corrected chi connectivity index (χ4v) is 2.15. The van der Waals surface area contributed by atoms with Crippen molar-refractivity contribution in [3.63, 3.8) is 0 Å². The van der Waals surface area contributed by atoms with Gasteiger partial charge in [-0.05, 0) is 26.3 Å². The number of nitrogens with one attached hydrogen (secondary N) is 1. The molecule has 0 saturated carbocycles. The van der Waals surface area contributed by atoms with Crippen molar-refractivity contribution in [3.8, 4) is 0 Å². The van der Waals surface area contributed by atoms with Crippen molar-refractivity contribution in [2.75, 3.05) is 31.1 Å². The number of hydrogen-bond donors (Lipinski definition) is 1. The molecule has 102 valence electrons. The van der Waals surface area contributed by atoms with Crippen LogP contribution in [0.1, 0.15) is 32.4 Å². The summed E-state index contributed by atoms with van der Waals surface area (Å²) in [6.07, 6.45) is 4.37. The van der Waals surface area contributed by atoms with Gasteiger partial charge in [0.25, 0.3) is 6.01 Å². The summed E-state index contributed by atoms with van der Waals surface area (Å²) in [5, 5.41) is 3.24. The van der Waals surface area contributed by atoms with Gasteiger partial charge in [-0.25, -0.2) is 0 Å². The van der Waals surface area contributed by atoms with Crippen LogP contribution in [-0.2, 0) is 11.3 Å². The van der Waals surface area contributed by atoms with E-state index in [4.69, 9.17) is 9.15 Å². The minimum Gasteiger partial charge on any atom is -0.432 e. The standard InChI is InChI=1S/C13H23N3O2/c1-3-14-8-11-10-18-13(15-11)16(4-2)9-12-6-5-7-17-12/h10,12,14H,3-9H2,1-2H3. The third kappa shape index (κ3) is 3.46. The van der Waals surface area contributed by atoms with E-state index in [9.17, 15) is 0 Å². The largest absolute Gasteiger partial charge is 0.432 e. The van der Waals surface area contributed by atoms with Gasteiger partial charge < -0.3 is 19.4 Å². The molecule has 1 atom stereocenters. The molecule has 1 N–H and O–H groups in total. The fourth-order valence-electron chi connectivity index (χ4n) is 2.15. The molecule has 1 fully saturated rings. The van der Waals surface area contributed by atoms with Gasteiger partial charge in [0.2, 0.25) is 0 Å². The summed E-state index contributed by atoms with van der Waals surface area (Å²) in [4.78, 5) is 6.65. The average molecular weight is 253 g/mol. The second-order valence-electron chi connectivity index (χ2n) is 4.58. The quantitative estimate of drug-likeness (QED) is 0.803. The number of ether oxygens (including phenoxy) is 1. The van der Waals surface area contributed by atoms with Crippen molar-refractivity contribution in [2.45, 2.75) is 39.3 Å². The van der Waals surface area contributed by atoms with E-state index in [0.717, 1.165) is 44.9 Å². The highest BCUT2D eigenvalue weighted by molar-refractivity contribution is 5.27. The first-order chi connectivity index (χ1) is 8.83. The van der Waals surface area contributed by atoms with Crippen molar-refractivity contribution in [3.05, 3.63) is 12.0 Å². The molecule has 0 amide bonds. The minimum atomic E-state index is 0.328. The molecule has 1 aliphatic heterocycles. The molecular formula is C13H23N3O2. The molecule has 5 nitrogen and oxygen atoms in total. The van der Waals surface area contributed by atoms with Crippen molar-refractivity contribution < 1.29 is 9.15 Å². The maximum absolute atomic E-state index is 5.65. The van der Waals surface area contributed by atoms with E-state index in [1.165, 1.54) is 6.42 Å². The number of likely N-dealkylation sites (N-methyl/N-ethyl adjacent to an activating group) is 1. The van der Waals surface area contributed by atoms with Crippen LogP contribution < -0.4 is 10.2 Å². The maximum atomic E-state index is 5.65. The normalized spacial score (nSPS) is 19.3. The van der Waals surface area contributed by atoms with Crippen LogP contribution in [0.5, 0.6) is 0 Å². The van der Waals surface area contributed by atoms with Crippen LogP contribution in [0.3, 0.4) is 0 Å². The van der Waals surface area contributed by atoms with Crippen LogP contribution in [0.25, 0.3) is 0 Å². The van der Waals surface area contributed by atoms with Gasteiger partial charge in [-0.1, -0.05) is 6.92 Å².